The number of fused-ring (bicyclic) bond motifs is 3. The molecule has 2 bridgehead atoms. The van der Waals surface area contributed by atoms with Crippen LogP contribution in [0.1, 0.15) is 65.4 Å². The highest BCUT2D eigenvalue weighted by molar-refractivity contribution is 5.99. The maximum atomic E-state index is 14.7. The number of halogens is 4. The molecule has 1 aromatic carbocycles. The third kappa shape index (κ3) is 4.38. The molecule has 3 fully saturated rings. The van der Waals surface area contributed by atoms with Gasteiger partial charge in [0.1, 0.15) is 29.2 Å². The first-order valence-electron chi connectivity index (χ1n) is 12.5. The Labute approximate surface area is 210 Å². The Morgan fingerprint density at radius 3 is 2.54 bits per heavy atom. The molecule has 1 N–H and O–H groups in total. The number of nitrogens with zero attached hydrogens (tertiary/aromatic N) is 2. The van der Waals surface area contributed by atoms with Crippen molar-refractivity contribution in [2.75, 3.05) is 6.61 Å². The monoisotopic (exact) mass is 521 g/mol. The first-order valence-corrected chi connectivity index (χ1v) is 12.5. The average Bonchev–Trinajstić information content (AvgIpc) is 2.85. The summed E-state index contributed by atoms with van der Waals surface area (Å²) in [5, 5.41) is 2.30. The van der Waals surface area contributed by atoms with E-state index in [9.17, 15) is 31.9 Å². The van der Waals surface area contributed by atoms with Crippen molar-refractivity contribution in [1.29, 1.82) is 0 Å². The molecule has 6 rings (SSSR count). The molecule has 1 aliphatic carbocycles. The number of rotatable bonds is 7. The first kappa shape index (κ1) is 25.3. The van der Waals surface area contributed by atoms with Crippen LogP contribution in [-0.4, -0.2) is 46.1 Å². The highest BCUT2D eigenvalue weighted by Crippen LogP contribution is 2.44. The van der Waals surface area contributed by atoms with Crippen molar-refractivity contribution in [2.24, 2.45) is 5.92 Å². The minimum absolute atomic E-state index is 0.0238. The molecule has 7 nitrogen and oxygen atoms in total. The van der Waals surface area contributed by atoms with Gasteiger partial charge < -0.3 is 19.5 Å². The number of piperidine rings is 2. The largest absolute Gasteiger partial charge is 0.487 e. The predicted octanol–water partition coefficient (Wildman–Crippen LogP) is 3.72. The molecule has 0 radical (unpaired) electrons. The number of ether oxygens (including phenoxy) is 1. The topological polar surface area (TPSA) is 80.6 Å². The minimum Gasteiger partial charge on any atom is -0.487 e. The third-order valence-corrected chi connectivity index (χ3v) is 7.62. The van der Waals surface area contributed by atoms with Gasteiger partial charge in [0.25, 0.3) is 11.8 Å². The fraction of sp³-hybridized carbons (Fsp3) is 0.500. The number of carbonyl (C=O) groups excluding carboxylic acids is 2. The number of hydrogen-bond donors (Lipinski definition) is 1. The van der Waals surface area contributed by atoms with Gasteiger partial charge in [-0.15, -0.1) is 0 Å². The van der Waals surface area contributed by atoms with E-state index in [4.69, 9.17) is 4.74 Å². The standard InChI is InChI=1S/C26H27F4N3O4/c1-2-3-6-37-24-22-26(36)33-20-5-4-13(7-19(20)30)21(33)12-32(22)11-16(23(24)34)25(35)31-10-15-17(28)8-14(27)9-18(15)29/h8-9,11,13,19-21H,2-7,10,12H2,1H3,(H,31,35)/t13-,19+,20+,21-/m0/s1. The van der Waals surface area contributed by atoms with Crippen molar-refractivity contribution < 1.29 is 31.9 Å². The fourth-order valence-electron chi connectivity index (χ4n) is 5.75. The van der Waals surface area contributed by atoms with Gasteiger partial charge >= 0.3 is 0 Å². The summed E-state index contributed by atoms with van der Waals surface area (Å²) in [4.78, 5) is 41.5. The molecule has 37 heavy (non-hydrogen) atoms. The van der Waals surface area contributed by atoms with E-state index in [0.29, 0.717) is 31.4 Å². The number of alkyl halides is 1. The number of hydrogen-bond acceptors (Lipinski definition) is 4. The molecule has 0 unspecified atom stereocenters. The summed E-state index contributed by atoms with van der Waals surface area (Å²) < 4.78 is 63.2. The maximum absolute atomic E-state index is 14.7. The van der Waals surface area contributed by atoms with Gasteiger partial charge in [0.15, 0.2) is 11.4 Å². The zero-order valence-electron chi connectivity index (χ0n) is 20.2. The Balaban J connectivity index is 1.50. The lowest BCUT2D eigenvalue weighted by Gasteiger charge is -2.55. The van der Waals surface area contributed by atoms with Crippen LogP contribution in [0.25, 0.3) is 0 Å². The molecule has 4 heterocycles. The SMILES string of the molecule is CCCCOc1c2n(cc(C(=O)NCc3c(F)cc(F)cc3F)c1=O)C[C@H]1[C@H]3CC[C@H]([C@H](F)C3)N1C2=O. The minimum atomic E-state index is -1.17. The van der Waals surface area contributed by atoms with Crippen LogP contribution in [0.3, 0.4) is 0 Å². The predicted molar refractivity (Wildman–Crippen MR) is 125 cm³/mol. The second kappa shape index (κ2) is 9.83. The fourth-order valence-corrected chi connectivity index (χ4v) is 5.75. The summed E-state index contributed by atoms with van der Waals surface area (Å²) in [6.07, 6.45) is 3.18. The lowest BCUT2D eigenvalue weighted by Crippen LogP contribution is -2.65. The van der Waals surface area contributed by atoms with Gasteiger partial charge in [-0.3, -0.25) is 14.4 Å². The van der Waals surface area contributed by atoms with E-state index in [1.165, 1.54) is 10.8 Å². The quantitative estimate of drug-likeness (QED) is 0.445. The number of carbonyl (C=O) groups is 2. The van der Waals surface area contributed by atoms with Crippen LogP contribution in [0.2, 0.25) is 0 Å². The Kier molecular flexibility index (Phi) is 6.72. The molecule has 198 valence electrons. The molecule has 1 aromatic heterocycles. The van der Waals surface area contributed by atoms with Crippen LogP contribution >= 0.6 is 0 Å². The summed E-state index contributed by atoms with van der Waals surface area (Å²) in [6, 6.07) is 0.165. The highest BCUT2D eigenvalue weighted by Gasteiger charge is 2.52. The summed E-state index contributed by atoms with van der Waals surface area (Å²) in [6.45, 7) is 1.69. The lowest BCUT2D eigenvalue weighted by atomic mass is 9.72. The van der Waals surface area contributed by atoms with E-state index < -0.39 is 59.0 Å². The smallest absolute Gasteiger partial charge is 0.275 e. The number of benzene rings is 1. The van der Waals surface area contributed by atoms with Crippen LogP contribution in [0.15, 0.2) is 23.1 Å². The Hall–Kier alpha value is -3.37. The van der Waals surface area contributed by atoms with Gasteiger partial charge in [0, 0.05) is 37.0 Å². The molecule has 4 atom stereocenters. The van der Waals surface area contributed by atoms with Crippen molar-refractivity contribution in [3.05, 3.63) is 62.8 Å². The molecule has 2 amide bonds. The second-order valence-electron chi connectivity index (χ2n) is 9.87. The van der Waals surface area contributed by atoms with Gasteiger partial charge in [-0.05, 0) is 31.6 Å². The summed E-state index contributed by atoms with van der Waals surface area (Å²) in [5.74, 6) is -5.20. The van der Waals surface area contributed by atoms with Gasteiger partial charge in [0.05, 0.1) is 18.7 Å². The van der Waals surface area contributed by atoms with Crippen LogP contribution in [-0.2, 0) is 13.1 Å². The molecule has 2 saturated heterocycles. The zero-order chi connectivity index (χ0) is 26.4. The van der Waals surface area contributed by atoms with Crippen LogP contribution in [0.5, 0.6) is 5.75 Å². The van der Waals surface area contributed by atoms with Gasteiger partial charge in [-0.25, -0.2) is 17.6 Å². The van der Waals surface area contributed by atoms with Gasteiger partial charge in [-0.1, -0.05) is 13.3 Å². The van der Waals surface area contributed by atoms with Gasteiger partial charge in [-0.2, -0.15) is 0 Å². The average molecular weight is 522 g/mol. The van der Waals surface area contributed by atoms with E-state index >= 15 is 0 Å². The van der Waals surface area contributed by atoms with E-state index in [0.717, 1.165) is 12.8 Å². The number of amides is 2. The molecule has 2 aromatic rings. The van der Waals surface area contributed by atoms with Crippen LogP contribution in [0, 0.1) is 23.4 Å². The maximum Gasteiger partial charge on any atom is 0.275 e. The number of unbranched alkanes of at least 4 members (excludes halogenated alkanes) is 1. The van der Waals surface area contributed by atoms with E-state index in [2.05, 4.69) is 5.32 Å². The Morgan fingerprint density at radius 2 is 1.86 bits per heavy atom. The Morgan fingerprint density at radius 1 is 1.14 bits per heavy atom. The van der Waals surface area contributed by atoms with Crippen molar-refractivity contribution in [3.63, 3.8) is 0 Å². The summed E-state index contributed by atoms with van der Waals surface area (Å²) in [7, 11) is 0. The second-order valence-corrected chi connectivity index (χ2v) is 9.87. The van der Waals surface area contributed by atoms with Crippen molar-refractivity contribution >= 4 is 11.8 Å². The van der Waals surface area contributed by atoms with Crippen molar-refractivity contribution in [3.8, 4) is 5.75 Å². The molecule has 3 aliphatic heterocycles. The molecule has 1 saturated carbocycles. The van der Waals surface area contributed by atoms with E-state index in [-0.39, 0.29) is 42.1 Å². The molecular weight excluding hydrogens is 494 g/mol. The molecule has 11 heteroatoms. The van der Waals surface area contributed by atoms with E-state index in [1.807, 2.05) is 6.92 Å². The van der Waals surface area contributed by atoms with E-state index in [1.54, 1.807) is 4.90 Å². The lowest BCUT2D eigenvalue weighted by molar-refractivity contribution is -0.0564. The highest BCUT2D eigenvalue weighted by atomic mass is 19.1. The number of nitrogens with one attached hydrogen (secondary N) is 1. The molecule has 4 aliphatic rings. The Bertz CT molecular complexity index is 1290. The van der Waals surface area contributed by atoms with Crippen LogP contribution in [0.4, 0.5) is 17.6 Å². The summed E-state index contributed by atoms with van der Waals surface area (Å²) >= 11 is 0. The van der Waals surface area contributed by atoms with Crippen LogP contribution < -0.4 is 15.5 Å². The molecule has 0 spiro atoms. The zero-order valence-corrected chi connectivity index (χ0v) is 20.2. The van der Waals surface area contributed by atoms with Gasteiger partial charge in [0.2, 0.25) is 5.43 Å². The molecular formula is C26H27F4N3O4. The number of aromatic nitrogens is 1. The summed E-state index contributed by atoms with van der Waals surface area (Å²) in [5.41, 5.74) is -1.78. The third-order valence-electron chi connectivity index (χ3n) is 7.62. The first-order chi connectivity index (χ1) is 17.7. The van der Waals surface area contributed by atoms with Crippen molar-refractivity contribution in [2.45, 2.75) is 70.4 Å². The number of pyridine rings is 1. The van der Waals surface area contributed by atoms with Crippen molar-refractivity contribution in [1.82, 2.24) is 14.8 Å². The normalized spacial score (nSPS) is 24.0.